The van der Waals surface area contributed by atoms with E-state index in [0.717, 1.165) is 30.4 Å². The number of cyclic esters (lactones) is 1. The van der Waals surface area contributed by atoms with Crippen LogP contribution in [0.2, 0.25) is 0 Å². The second kappa shape index (κ2) is 13.3. The minimum atomic E-state index is -0.553. The molecule has 0 spiro atoms. The SMILES string of the molecule is C=C1CC[C@@H]2[C@](C)(COC(C)=O)[C@H](OC(C)=O)CC[C@@]2(C)[C@@H]1C[C@H](SC(=S)N(C)Cc1ccccc1)C1=CCOC1=O. The molecule has 0 bridgehead atoms. The molecule has 0 aromatic heterocycles. The topological polar surface area (TPSA) is 82.1 Å². The molecular formula is C33H43NO6S2. The number of nitrogens with zero attached hydrogens (tertiary/aromatic N) is 1. The molecule has 0 amide bonds. The Morgan fingerprint density at radius 2 is 1.90 bits per heavy atom. The monoisotopic (exact) mass is 613 g/mol. The lowest BCUT2D eigenvalue weighted by atomic mass is 9.46. The molecular weight excluding hydrogens is 570 g/mol. The van der Waals surface area contributed by atoms with E-state index in [0.29, 0.717) is 29.3 Å². The first-order chi connectivity index (χ1) is 19.8. The summed E-state index contributed by atoms with van der Waals surface area (Å²) in [6.07, 6.45) is 5.38. The highest BCUT2D eigenvalue weighted by Gasteiger charge is 2.60. The Balaban J connectivity index is 1.62. The maximum Gasteiger partial charge on any atom is 0.335 e. The number of hydrogen-bond acceptors (Lipinski definition) is 8. The van der Waals surface area contributed by atoms with Crippen molar-refractivity contribution in [3.63, 3.8) is 0 Å². The molecule has 1 heterocycles. The summed E-state index contributed by atoms with van der Waals surface area (Å²) in [6.45, 7) is 12.9. The third-order valence-electron chi connectivity index (χ3n) is 9.58. The number of benzene rings is 1. The Bertz CT molecular complexity index is 1250. The number of rotatable bonds is 9. The van der Waals surface area contributed by atoms with Crippen LogP contribution in [0.15, 0.2) is 54.1 Å². The first-order valence-corrected chi connectivity index (χ1v) is 15.9. The van der Waals surface area contributed by atoms with Gasteiger partial charge in [-0.15, -0.1) is 0 Å². The Morgan fingerprint density at radius 1 is 1.19 bits per heavy atom. The van der Waals surface area contributed by atoms with Crippen molar-refractivity contribution in [2.75, 3.05) is 20.3 Å². The number of ether oxygens (including phenoxy) is 3. The van der Waals surface area contributed by atoms with E-state index in [1.807, 2.05) is 36.2 Å². The van der Waals surface area contributed by atoms with Gasteiger partial charge < -0.3 is 19.1 Å². The van der Waals surface area contributed by atoms with Gasteiger partial charge in [-0.05, 0) is 61.0 Å². The second-order valence-corrected chi connectivity index (χ2v) is 14.3. The molecule has 228 valence electrons. The lowest BCUT2D eigenvalue weighted by Crippen LogP contribution is -2.59. The zero-order chi connectivity index (χ0) is 30.7. The van der Waals surface area contributed by atoms with Gasteiger partial charge in [0, 0.05) is 38.1 Å². The molecule has 2 aliphatic carbocycles. The van der Waals surface area contributed by atoms with E-state index in [9.17, 15) is 14.4 Å². The second-order valence-electron chi connectivity index (χ2n) is 12.4. The first-order valence-electron chi connectivity index (χ1n) is 14.7. The summed E-state index contributed by atoms with van der Waals surface area (Å²) < 4.78 is 17.5. The van der Waals surface area contributed by atoms with Crippen molar-refractivity contribution in [2.45, 2.75) is 77.7 Å². The van der Waals surface area contributed by atoms with Gasteiger partial charge in [0.1, 0.15) is 23.6 Å². The number of thioether (sulfide) groups is 1. The van der Waals surface area contributed by atoms with E-state index in [1.54, 1.807) is 0 Å². The molecule has 0 saturated heterocycles. The Hall–Kier alpha value is -2.65. The highest BCUT2D eigenvalue weighted by atomic mass is 32.2. The van der Waals surface area contributed by atoms with Crippen LogP contribution in [0.25, 0.3) is 0 Å². The van der Waals surface area contributed by atoms with Gasteiger partial charge in [0.2, 0.25) is 0 Å². The molecule has 0 N–H and O–H groups in total. The Morgan fingerprint density at radius 3 is 2.52 bits per heavy atom. The quantitative estimate of drug-likeness (QED) is 0.139. The molecule has 1 aliphatic heterocycles. The number of allylic oxidation sites excluding steroid dienone is 1. The molecule has 7 nitrogen and oxygen atoms in total. The normalized spacial score (nSPS) is 29.5. The van der Waals surface area contributed by atoms with Crippen LogP contribution in [-0.2, 0) is 35.1 Å². The molecule has 0 radical (unpaired) electrons. The maximum absolute atomic E-state index is 12.9. The van der Waals surface area contributed by atoms with Gasteiger partial charge in [-0.1, -0.05) is 80.3 Å². The third kappa shape index (κ3) is 6.94. The molecule has 1 aromatic rings. The number of thiocarbonyl (C=S) groups is 1. The number of carbonyl (C=O) groups excluding carboxylic acids is 3. The zero-order valence-corrected chi connectivity index (χ0v) is 27.0. The van der Waals surface area contributed by atoms with Crippen LogP contribution < -0.4 is 0 Å². The maximum atomic E-state index is 12.9. The van der Waals surface area contributed by atoms with Crippen LogP contribution in [-0.4, -0.2) is 58.7 Å². The highest BCUT2D eigenvalue weighted by Crippen LogP contribution is 2.63. The van der Waals surface area contributed by atoms with E-state index < -0.39 is 5.41 Å². The first kappa shape index (κ1) is 32.3. The summed E-state index contributed by atoms with van der Waals surface area (Å²) in [6, 6.07) is 10.2. The average molecular weight is 614 g/mol. The largest absolute Gasteiger partial charge is 0.465 e. The van der Waals surface area contributed by atoms with Gasteiger partial charge in [0.25, 0.3) is 0 Å². The fraction of sp³-hybridized carbons (Fsp3) is 0.576. The molecule has 6 atom stereocenters. The van der Waals surface area contributed by atoms with E-state index in [2.05, 4.69) is 32.6 Å². The van der Waals surface area contributed by atoms with Crippen LogP contribution in [0.3, 0.4) is 0 Å². The summed E-state index contributed by atoms with van der Waals surface area (Å²) in [7, 11) is 1.98. The van der Waals surface area contributed by atoms with Gasteiger partial charge in [-0.3, -0.25) is 9.59 Å². The summed E-state index contributed by atoms with van der Waals surface area (Å²) in [4.78, 5) is 38.9. The lowest BCUT2D eigenvalue weighted by Gasteiger charge is -2.60. The predicted molar refractivity (Wildman–Crippen MR) is 169 cm³/mol. The summed E-state index contributed by atoms with van der Waals surface area (Å²) in [5, 5.41) is -0.200. The Kier molecular flexibility index (Phi) is 10.2. The molecule has 4 rings (SSSR count). The van der Waals surface area contributed by atoms with E-state index in [1.165, 1.54) is 25.6 Å². The van der Waals surface area contributed by atoms with Crippen molar-refractivity contribution in [3.8, 4) is 0 Å². The highest BCUT2D eigenvalue weighted by molar-refractivity contribution is 8.23. The zero-order valence-electron chi connectivity index (χ0n) is 25.4. The van der Waals surface area contributed by atoms with Gasteiger partial charge >= 0.3 is 17.9 Å². The van der Waals surface area contributed by atoms with Crippen LogP contribution >= 0.6 is 24.0 Å². The fourth-order valence-corrected chi connectivity index (χ4v) is 8.98. The Labute approximate surface area is 259 Å². The number of fused-ring (bicyclic) bond motifs is 1. The van der Waals surface area contributed by atoms with E-state index in [4.69, 9.17) is 26.4 Å². The van der Waals surface area contributed by atoms with Crippen molar-refractivity contribution < 1.29 is 28.6 Å². The summed E-state index contributed by atoms with van der Waals surface area (Å²) >= 11 is 7.45. The molecule has 1 aromatic carbocycles. The smallest absolute Gasteiger partial charge is 0.335 e. The van der Waals surface area contributed by atoms with Gasteiger partial charge in [-0.25, -0.2) is 4.79 Å². The van der Waals surface area contributed by atoms with Crippen molar-refractivity contribution in [1.82, 2.24) is 4.90 Å². The average Bonchev–Trinajstić information content (AvgIpc) is 3.36. The third-order valence-corrected chi connectivity index (χ3v) is 11.4. The van der Waals surface area contributed by atoms with Crippen molar-refractivity contribution >= 4 is 46.2 Å². The minimum absolute atomic E-state index is 0.0835. The van der Waals surface area contributed by atoms with Gasteiger partial charge in [0.05, 0.1) is 5.57 Å². The lowest BCUT2D eigenvalue weighted by molar-refractivity contribution is -0.191. The molecule has 42 heavy (non-hydrogen) atoms. The molecule has 2 fully saturated rings. The van der Waals surface area contributed by atoms with E-state index in [-0.39, 0.29) is 59.7 Å². The minimum Gasteiger partial charge on any atom is -0.465 e. The van der Waals surface area contributed by atoms with Crippen molar-refractivity contribution in [2.24, 2.45) is 22.7 Å². The number of hydrogen-bond donors (Lipinski definition) is 0. The predicted octanol–water partition coefficient (Wildman–Crippen LogP) is 6.26. The van der Waals surface area contributed by atoms with E-state index >= 15 is 0 Å². The van der Waals surface area contributed by atoms with Crippen LogP contribution in [0, 0.1) is 22.7 Å². The molecule has 9 heteroatoms. The van der Waals surface area contributed by atoms with Crippen molar-refractivity contribution in [3.05, 3.63) is 59.7 Å². The molecule has 3 aliphatic rings. The standard InChI is InChI=1S/C33H43NO6S2/c1-21-12-13-28-32(4,16-14-29(40-23(3)36)33(28,5)20-39-22(2)35)26(21)18-27(25-15-17-38-30(25)37)42-31(41)34(6)19-24-10-8-7-9-11-24/h7-11,15,26-29H,1,12-14,16-20H2,2-6H3/t26-,27+,28+,29-,32+,33+/m1/s1. The van der Waals surface area contributed by atoms with Crippen LogP contribution in [0.4, 0.5) is 0 Å². The van der Waals surface area contributed by atoms with Crippen molar-refractivity contribution in [1.29, 1.82) is 0 Å². The summed E-state index contributed by atoms with van der Waals surface area (Å²) in [5.41, 5.74) is 2.22. The fourth-order valence-electron chi connectivity index (χ4n) is 7.47. The van der Waals surface area contributed by atoms with Gasteiger partial charge in [0.15, 0.2) is 0 Å². The van der Waals surface area contributed by atoms with Gasteiger partial charge in [-0.2, -0.15) is 0 Å². The van der Waals surface area contributed by atoms with Crippen LogP contribution in [0.5, 0.6) is 0 Å². The molecule has 0 unspecified atom stereocenters. The summed E-state index contributed by atoms with van der Waals surface area (Å²) in [5.74, 6) is -0.771. The number of esters is 3. The molecule has 2 saturated carbocycles. The van der Waals surface area contributed by atoms with Crippen LogP contribution in [0.1, 0.15) is 65.4 Å². The number of carbonyl (C=O) groups is 3.